The normalized spacial score (nSPS) is 15.2. The molecule has 1 saturated heterocycles. The number of anilines is 1. The van der Waals surface area contributed by atoms with Crippen LogP contribution in [0, 0.1) is 12.8 Å². The molecule has 5 heteroatoms. The monoisotopic (exact) mass is 338 g/mol. The maximum atomic E-state index is 12.5. The second-order valence-electron chi connectivity index (χ2n) is 6.10. The highest BCUT2D eigenvalue weighted by Gasteiger charge is 2.26. The van der Waals surface area contributed by atoms with Crippen molar-refractivity contribution in [1.82, 2.24) is 4.90 Å². The molecule has 2 rings (SSSR count). The molecule has 1 amide bonds. The van der Waals surface area contributed by atoms with Crippen LogP contribution < -0.4 is 9.64 Å². The predicted molar refractivity (Wildman–Crippen MR) is 95.6 cm³/mol. The first-order valence-electron chi connectivity index (χ1n) is 8.39. The molecule has 23 heavy (non-hydrogen) atoms. The second kappa shape index (κ2) is 7.91. The van der Waals surface area contributed by atoms with Gasteiger partial charge in [0.1, 0.15) is 5.75 Å². The number of piperazine rings is 1. The Morgan fingerprint density at radius 1 is 1.22 bits per heavy atom. The van der Waals surface area contributed by atoms with Crippen LogP contribution in [-0.2, 0) is 4.79 Å². The van der Waals surface area contributed by atoms with Crippen molar-refractivity contribution in [2.24, 2.45) is 5.92 Å². The Morgan fingerprint density at radius 3 is 2.35 bits per heavy atom. The molecule has 1 aromatic carbocycles. The third-order valence-corrected chi connectivity index (χ3v) is 5.13. The van der Waals surface area contributed by atoms with E-state index in [0.29, 0.717) is 10.9 Å². The number of carbonyl (C=O) groups is 1. The SMILES string of the molecule is CCC(CC)C(=O)N1CCN(c2cc(C)c(Cl)cc2OC)CC1. The number of carbonyl (C=O) groups excluding carboxylic acids is 1. The molecule has 0 aliphatic carbocycles. The lowest BCUT2D eigenvalue weighted by atomic mass is 10.0. The number of rotatable bonds is 5. The summed E-state index contributed by atoms with van der Waals surface area (Å²) in [4.78, 5) is 16.8. The van der Waals surface area contributed by atoms with Crippen LogP contribution in [0.4, 0.5) is 5.69 Å². The molecule has 0 N–H and O–H groups in total. The molecule has 0 radical (unpaired) electrons. The van der Waals surface area contributed by atoms with Gasteiger partial charge < -0.3 is 14.5 Å². The third kappa shape index (κ3) is 3.92. The molecule has 1 fully saturated rings. The van der Waals surface area contributed by atoms with Crippen molar-refractivity contribution in [3.05, 3.63) is 22.7 Å². The molecule has 0 bridgehead atoms. The number of benzene rings is 1. The Balaban J connectivity index is 2.07. The smallest absolute Gasteiger partial charge is 0.225 e. The Labute approximate surface area is 144 Å². The summed E-state index contributed by atoms with van der Waals surface area (Å²) in [5.41, 5.74) is 2.10. The fraction of sp³-hybridized carbons (Fsp3) is 0.611. The van der Waals surface area contributed by atoms with Crippen LogP contribution in [0.15, 0.2) is 12.1 Å². The summed E-state index contributed by atoms with van der Waals surface area (Å²) < 4.78 is 5.48. The van der Waals surface area contributed by atoms with Crippen LogP contribution in [0.25, 0.3) is 0 Å². The van der Waals surface area contributed by atoms with Crippen molar-refractivity contribution < 1.29 is 9.53 Å². The minimum atomic E-state index is 0.161. The minimum Gasteiger partial charge on any atom is -0.495 e. The molecule has 0 saturated carbocycles. The highest BCUT2D eigenvalue weighted by Crippen LogP contribution is 2.34. The van der Waals surface area contributed by atoms with Crippen LogP contribution >= 0.6 is 11.6 Å². The summed E-state index contributed by atoms with van der Waals surface area (Å²) in [5.74, 6) is 1.25. The van der Waals surface area contributed by atoms with E-state index in [4.69, 9.17) is 16.3 Å². The lowest BCUT2D eigenvalue weighted by Crippen LogP contribution is -2.50. The van der Waals surface area contributed by atoms with Gasteiger partial charge >= 0.3 is 0 Å². The second-order valence-corrected chi connectivity index (χ2v) is 6.51. The Hall–Kier alpha value is -1.42. The minimum absolute atomic E-state index is 0.161. The topological polar surface area (TPSA) is 32.8 Å². The molecular weight excluding hydrogens is 312 g/mol. The van der Waals surface area contributed by atoms with E-state index in [9.17, 15) is 4.79 Å². The van der Waals surface area contributed by atoms with Gasteiger partial charge in [0.2, 0.25) is 5.91 Å². The van der Waals surface area contributed by atoms with Crippen molar-refractivity contribution in [1.29, 1.82) is 0 Å². The highest BCUT2D eigenvalue weighted by molar-refractivity contribution is 6.31. The van der Waals surface area contributed by atoms with Crippen LogP contribution in [0.3, 0.4) is 0 Å². The Morgan fingerprint density at radius 2 is 1.83 bits per heavy atom. The molecule has 128 valence electrons. The van der Waals surface area contributed by atoms with Gasteiger partial charge in [-0.25, -0.2) is 0 Å². The lowest BCUT2D eigenvalue weighted by molar-refractivity contribution is -0.136. The van der Waals surface area contributed by atoms with E-state index >= 15 is 0 Å². The van der Waals surface area contributed by atoms with E-state index in [1.54, 1.807) is 7.11 Å². The van der Waals surface area contributed by atoms with Gasteiger partial charge in [0.25, 0.3) is 0 Å². The number of halogens is 1. The fourth-order valence-electron chi connectivity index (χ4n) is 3.12. The summed E-state index contributed by atoms with van der Waals surface area (Å²) >= 11 is 6.18. The number of ether oxygens (including phenoxy) is 1. The zero-order chi connectivity index (χ0) is 17.0. The van der Waals surface area contributed by atoms with E-state index in [2.05, 4.69) is 24.8 Å². The largest absolute Gasteiger partial charge is 0.495 e. The van der Waals surface area contributed by atoms with E-state index in [0.717, 1.165) is 56.0 Å². The molecule has 4 nitrogen and oxygen atoms in total. The van der Waals surface area contributed by atoms with Crippen molar-refractivity contribution in [3.63, 3.8) is 0 Å². The van der Waals surface area contributed by atoms with Gasteiger partial charge in [-0.3, -0.25) is 4.79 Å². The maximum absolute atomic E-state index is 12.5. The van der Waals surface area contributed by atoms with Gasteiger partial charge in [0.15, 0.2) is 0 Å². The molecular formula is C18H27ClN2O2. The van der Waals surface area contributed by atoms with Crippen LogP contribution in [-0.4, -0.2) is 44.1 Å². The molecule has 1 heterocycles. The molecule has 1 aromatic rings. The van der Waals surface area contributed by atoms with E-state index in [-0.39, 0.29) is 5.92 Å². The quantitative estimate of drug-likeness (QED) is 0.819. The summed E-state index contributed by atoms with van der Waals surface area (Å²) in [6.45, 7) is 9.35. The van der Waals surface area contributed by atoms with E-state index < -0.39 is 0 Å². The molecule has 1 aliphatic rings. The van der Waals surface area contributed by atoms with Gasteiger partial charge in [-0.05, 0) is 31.4 Å². The van der Waals surface area contributed by atoms with E-state index in [1.165, 1.54) is 0 Å². The zero-order valence-electron chi connectivity index (χ0n) is 14.6. The van der Waals surface area contributed by atoms with Gasteiger partial charge in [-0.2, -0.15) is 0 Å². The standard InChI is InChI=1S/C18H27ClN2O2/c1-5-14(6-2)18(22)21-9-7-20(8-10-21)16-11-13(3)15(19)12-17(16)23-4/h11-12,14H,5-10H2,1-4H3. The van der Waals surface area contributed by atoms with Crippen molar-refractivity contribution in [2.75, 3.05) is 38.2 Å². The van der Waals surface area contributed by atoms with Gasteiger partial charge in [0.05, 0.1) is 12.8 Å². The van der Waals surface area contributed by atoms with Crippen molar-refractivity contribution in [2.45, 2.75) is 33.6 Å². The number of amides is 1. The summed E-state index contributed by atoms with van der Waals surface area (Å²) in [6, 6.07) is 3.94. The molecule has 1 aliphatic heterocycles. The number of hydrogen-bond donors (Lipinski definition) is 0. The first kappa shape index (κ1) is 17.9. The Kier molecular flexibility index (Phi) is 6.17. The van der Waals surface area contributed by atoms with Gasteiger partial charge in [-0.15, -0.1) is 0 Å². The summed E-state index contributed by atoms with van der Waals surface area (Å²) in [5, 5.41) is 0.716. The number of nitrogens with zero attached hydrogens (tertiary/aromatic N) is 2. The van der Waals surface area contributed by atoms with Gasteiger partial charge in [-0.1, -0.05) is 25.4 Å². The third-order valence-electron chi connectivity index (χ3n) is 4.73. The first-order chi connectivity index (χ1) is 11.0. The predicted octanol–water partition coefficient (Wildman–Crippen LogP) is 3.74. The van der Waals surface area contributed by atoms with Crippen LogP contribution in [0.2, 0.25) is 5.02 Å². The van der Waals surface area contributed by atoms with Gasteiger partial charge in [0, 0.05) is 43.2 Å². The average Bonchev–Trinajstić information content (AvgIpc) is 2.58. The summed E-state index contributed by atoms with van der Waals surface area (Å²) in [7, 11) is 1.66. The number of methoxy groups -OCH3 is 1. The van der Waals surface area contributed by atoms with Crippen molar-refractivity contribution in [3.8, 4) is 5.75 Å². The molecule has 0 unspecified atom stereocenters. The molecule has 0 atom stereocenters. The first-order valence-corrected chi connectivity index (χ1v) is 8.77. The average molecular weight is 339 g/mol. The molecule has 0 aromatic heterocycles. The van der Waals surface area contributed by atoms with E-state index in [1.807, 2.05) is 17.9 Å². The number of hydrogen-bond acceptors (Lipinski definition) is 3. The van der Waals surface area contributed by atoms with Crippen LogP contribution in [0.5, 0.6) is 5.75 Å². The Bertz CT molecular complexity index is 550. The maximum Gasteiger partial charge on any atom is 0.225 e. The summed E-state index contributed by atoms with van der Waals surface area (Å²) in [6.07, 6.45) is 1.83. The lowest BCUT2D eigenvalue weighted by Gasteiger charge is -2.38. The van der Waals surface area contributed by atoms with Crippen molar-refractivity contribution >= 4 is 23.2 Å². The highest BCUT2D eigenvalue weighted by atomic mass is 35.5. The molecule has 0 spiro atoms. The fourth-order valence-corrected chi connectivity index (χ4v) is 3.28. The number of aryl methyl sites for hydroxylation is 1. The zero-order valence-corrected chi connectivity index (χ0v) is 15.3. The van der Waals surface area contributed by atoms with Crippen LogP contribution in [0.1, 0.15) is 32.3 Å².